The SMILES string of the molecule is Cc1ccc(C)c(SCc2nc3sc(C(=O)N4CCCC4c4cc(C)no4)c(C)c3c(=O)[nH]2)c1. The predicted molar refractivity (Wildman–Crippen MR) is 135 cm³/mol. The van der Waals surface area contributed by atoms with Crippen molar-refractivity contribution < 1.29 is 9.32 Å². The number of nitrogens with one attached hydrogen (secondary N) is 1. The molecule has 0 bridgehead atoms. The van der Waals surface area contributed by atoms with Gasteiger partial charge in [-0.15, -0.1) is 23.1 Å². The first-order chi connectivity index (χ1) is 16.3. The normalized spacial score (nSPS) is 16.0. The standard InChI is InChI=1S/C25H26N4O3S2/c1-13-7-8-14(2)19(10-13)33-12-20-26-23(30)21-16(4)22(34-24(21)27-20)25(31)29-9-5-6-17(29)18-11-15(3)28-32-18/h7-8,10-11,17H,5-6,9,12H2,1-4H3,(H,26,27,30). The summed E-state index contributed by atoms with van der Waals surface area (Å²) in [6, 6.07) is 8.09. The summed E-state index contributed by atoms with van der Waals surface area (Å²) in [7, 11) is 0. The van der Waals surface area contributed by atoms with Crippen LogP contribution in [0.5, 0.6) is 0 Å². The van der Waals surface area contributed by atoms with Gasteiger partial charge in [0.2, 0.25) is 0 Å². The Morgan fingerprint density at radius 3 is 2.85 bits per heavy atom. The third-order valence-electron chi connectivity index (χ3n) is 6.24. The maximum absolute atomic E-state index is 13.5. The van der Waals surface area contributed by atoms with Gasteiger partial charge in [0.05, 0.1) is 27.8 Å². The van der Waals surface area contributed by atoms with Crippen LogP contribution in [0.15, 0.2) is 38.5 Å². The number of aryl methyl sites for hydroxylation is 4. The van der Waals surface area contributed by atoms with Crippen LogP contribution in [-0.4, -0.2) is 32.5 Å². The number of carbonyl (C=O) groups is 1. The molecule has 0 aliphatic carbocycles. The second-order valence-corrected chi connectivity index (χ2v) is 10.9. The number of thiophene rings is 1. The summed E-state index contributed by atoms with van der Waals surface area (Å²) in [6.07, 6.45) is 1.74. The van der Waals surface area contributed by atoms with Gasteiger partial charge in [0.1, 0.15) is 10.7 Å². The number of amides is 1. The molecular weight excluding hydrogens is 468 g/mol. The summed E-state index contributed by atoms with van der Waals surface area (Å²) in [5, 5.41) is 4.48. The van der Waals surface area contributed by atoms with Crippen LogP contribution < -0.4 is 5.56 Å². The van der Waals surface area contributed by atoms with Crippen molar-refractivity contribution in [1.29, 1.82) is 0 Å². The van der Waals surface area contributed by atoms with Crippen molar-refractivity contribution >= 4 is 39.2 Å². The second kappa shape index (κ2) is 9.03. The number of carbonyl (C=O) groups excluding carboxylic acids is 1. The van der Waals surface area contributed by atoms with Crippen molar-refractivity contribution in [3.63, 3.8) is 0 Å². The molecule has 4 heterocycles. The molecule has 0 spiro atoms. The Hall–Kier alpha value is -2.91. The third-order valence-corrected chi connectivity index (χ3v) is 8.58. The molecule has 9 heteroatoms. The molecule has 1 fully saturated rings. The van der Waals surface area contributed by atoms with E-state index in [0.29, 0.717) is 44.5 Å². The number of fused-ring (bicyclic) bond motifs is 1. The Balaban J connectivity index is 1.43. The van der Waals surface area contributed by atoms with E-state index in [1.54, 1.807) is 11.8 Å². The quantitative estimate of drug-likeness (QED) is 0.370. The molecule has 0 radical (unpaired) electrons. The number of aromatic amines is 1. The minimum absolute atomic E-state index is 0.0808. The number of hydrogen-bond acceptors (Lipinski definition) is 7. The highest BCUT2D eigenvalue weighted by Gasteiger charge is 2.35. The lowest BCUT2D eigenvalue weighted by Crippen LogP contribution is -2.30. The van der Waals surface area contributed by atoms with Gasteiger partial charge in [0.25, 0.3) is 11.5 Å². The van der Waals surface area contributed by atoms with Crippen molar-refractivity contribution in [3.05, 3.63) is 73.5 Å². The Labute approximate surface area is 205 Å². The smallest absolute Gasteiger partial charge is 0.264 e. The topological polar surface area (TPSA) is 92.1 Å². The van der Waals surface area contributed by atoms with Crippen LogP contribution in [0.1, 0.15) is 62.5 Å². The van der Waals surface area contributed by atoms with Crippen LogP contribution >= 0.6 is 23.1 Å². The van der Waals surface area contributed by atoms with E-state index in [-0.39, 0.29) is 17.5 Å². The van der Waals surface area contributed by atoms with Gasteiger partial charge >= 0.3 is 0 Å². The Kier molecular flexibility index (Phi) is 6.07. The highest BCUT2D eigenvalue weighted by Crippen LogP contribution is 2.36. The first kappa shape index (κ1) is 22.9. The zero-order chi connectivity index (χ0) is 24.0. The fourth-order valence-electron chi connectivity index (χ4n) is 4.45. The lowest BCUT2D eigenvalue weighted by atomic mass is 10.1. The molecule has 5 rings (SSSR count). The number of thioether (sulfide) groups is 1. The van der Waals surface area contributed by atoms with Gasteiger partial charge in [-0.25, -0.2) is 4.98 Å². The highest BCUT2D eigenvalue weighted by molar-refractivity contribution is 7.98. The molecule has 1 aliphatic heterocycles. The molecule has 1 aromatic carbocycles. The number of rotatable bonds is 5. The molecule has 1 amide bonds. The highest BCUT2D eigenvalue weighted by atomic mass is 32.2. The van der Waals surface area contributed by atoms with Crippen molar-refractivity contribution in [2.75, 3.05) is 6.54 Å². The molecule has 1 N–H and O–H groups in total. The average molecular weight is 495 g/mol. The van der Waals surface area contributed by atoms with Gasteiger partial charge in [0, 0.05) is 17.5 Å². The zero-order valence-electron chi connectivity index (χ0n) is 19.6. The van der Waals surface area contributed by atoms with Crippen molar-refractivity contribution in [2.45, 2.75) is 57.2 Å². The predicted octanol–water partition coefficient (Wildman–Crippen LogP) is 5.48. The van der Waals surface area contributed by atoms with Gasteiger partial charge in [-0.2, -0.15) is 0 Å². The van der Waals surface area contributed by atoms with Crippen molar-refractivity contribution in [2.24, 2.45) is 0 Å². The van der Waals surface area contributed by atoms with Gasteiger partial charge in [-0.3, -0.25) is 9.59 Å². The lowest BCUT2D eigenvalue weighted by molar-refractivity contribution is 0.0719. The van der Waals surface area contributed by atoms with E-state index in [1.165, 1.54) is 27.4 Å². The molecule has 1 aliphatic rings. The number of H-pyrrole nitrogens is 1. The van der Waals surface area contributed by atoms with E-state index < -0.39 is 0 Å². The first-order valence-electron chi connectivity index (χ1n) is 11.3. The van der Waals surface area contributed by atoms with E-state index in [0.717, 1.165) is 18.5 Å². The monoisotopic (exact) mass is 494 g/mol. The second-order valence-electron chi connectivity index (χ2n) is 8.83. The first-order valence-corrected chi connectivity index (χ1v) is 13.1. The van der Waals surface area contributed by atoms with Gasteiger partial charge < -0.3 is 14.4 Å². The maximum atomic E-state index is 13.5. The third kappa shape index (κ3) is 4.18. The van der Waals surface area contributed by atoms with E-state index in [9.17, 15) is 9.59 Å². The van der Waals surface area contributed by atoms with Crippen molar-refractivity contribution in [3.8, 4) is 0 Å². The van der Waals surface area contributed by atoms with Crippen LogP contribution in [0.4, 0.5) is 0 Å². The molecule has 176 valence electrons. The van der Waals surface area contributed by atoms with Gasteiger partial charge in [-0.05, 0) is 57.7 Å². The van der Waals surface area contributed by atoms with Crippen LogP contribution in [0, 0.1) is 27.7 Å². The van der Waals surface area contributed by atoms with E-state index in [2.05, 4.69) is 42.2 Å². The number of aromatic nitrogens is 3. The summed E-state index contributed by atoms with van der Waals surface area (Å²) in [4.78, 5) is 38.3. The van der Waals surface area contributed by atoms with Crippen LogP contribution in [0.25, 0.3) is 10.2 Å². The van der Waals surface area contributed by atoms with E-state index in [1.807, 2.05) is 24.8 Å². The minimum atomic E-state index is -0.196. The Morgan fingerprint density at radius 1 is 1.26 bits per heavy atom. The summed E-state index contributed by atoms with van der Waals surface area (Å²) in [5.74, 6) is 1.79. The molecule has 1 atom stereocenters. The molecule has 7 nitrogen and oxygen atoms in total. The summed E-state index contributed by atoms with van der Waals surface area (Å²) < 4.78 is 5.46. The van der Waals surface area contributed by atoms with Gasteiger partial charge in [-0.1, -0.05) is 22.9 Å². The fraction of sp³-hybridized carbons (Fsp3) is 0.360. The van der Waals surface area contributed by atoms with Crippen LogP contribution in [-0.2, 0) is 5.75 Å². The minimum Gasteiger partial charge on any atom is -0.359 e. The molecule has 1 saturated heterocycles. The van der Waals surface area contributed by atoms with Gasteiger partial charge in [0.15, 0.2) is 5.76 Å². The molecule has 34 heavy (non-hydrogen) atoms. The molecule has 1 unspecified atom stereocenters. The molecular formula is C25H26N4O3S2. The largest absolute Gasteiger partial charge is 0.359 e. The molecule has 0 saturated carbocycles. The molecule has 4 aromatic rings. The molecule has 3 aromatic heterocycles. The fourth-order valence-corrected chi connectivity index (χ4v) is 6.60. The number of likely N-dealkylation sites (tertiary alicyclic amines) is 1. The zero-order valence-corrected chi connectivity index (χ0v) is 21.2. The average Bonchev–Trinajstić information content (AvgIpc) is 3.52. The van der Waals surface area contributed by atoms with Crippen LogP contribution in [0.2, 0.25) is 0 Å². The van der Waals surface area contributed by atoms with Crippen LogP contribution in [0.3, 0.4) is 0 Å². The lowest BCUT2D eigenvalue weighted by Gasteiger charge is -2.22. The summed E-state index contributed by atoms with van der Waals surface area (Å²) >= 11 is 2.95. The Morgan fingerprint density at radius 2 is 2.09 bits per heavy atom. The van der Waals surface area contributed by atoms with E-state index in [4.69, 9.17) is 9.51 Å². The summed E-state index contributed by atoms with van der Waals surface area (Å²) in [6.45, 7) is 8.50. The van der Waals surface area contributed by atoms with Crippen molar-refractivity contribution in [1.82, 2.24) is 20.0 Å². The summed E-state index contributed by atoms with van der Waals surface area (Å²) in [5.41, 5.74) is 3.68. The Bertz CT molecular complexity index is 1450. The number of hydrogen-bond donors (Lipinski definition) is 1. The maximum Gasteiger partial charge on any atom is 0.264 e. The number of nitrogens with zero attached hydrogens (tertiary/aromatic N) is 3. The van der Waals surface area contributed by atoms with E-state index >= 15 is 0 Å². The number of benzene rings is 1.